The van der Waals surface area contributed by atoms with E-state index in [0.717, 1.165) is 57.8 Å². The van der Waals surface area contributed by atoms with E-state index in [9.17, 15) is 14.4 Å². The molecule has 0 aliphatic heterocycles. The Morgan fingerprint density at radius 3 is 0.704 bits per heavy atom. The highest BCUT2D eigenvalue weighted by atomic mass is 16.6. The van der Waals surface area contributed by atoms with Gasteiger partial charge in [-0.1, -0.05) is 315 Å². The van der Waals surface area contributed by atoms with Crippen LogP contribution in [0.5, 0.6) is 0 Å². The minimum absolute atomic E-state index is 0.0645. The van der Waals surface area contributed by atoms with E-state index in [-0.39, 0.29) is 31.1 Å². The van der Waals surface area contributed by atoms with Crippen LogP contribution in [0, 0.1) is 0 Å². The number of carbonyl (C=O) groups is 3. The van der Waals surface area contributed by atoms with Crippen LogP contribution in [-0.4, -0.2) is 37.2 Å². The van der Waals surface area contributed by atoms with Gasteiger partial charge in [0.25, 0.3) is 0 Å². The van der Waals surface area contributed by atoms with Crippen molar-refractivity contribution >= 4 is 17.9 Å². The molecule has 0 bridgehead atoms. The van der Waals surface area contributed by atoms with E-state index < -0.39 is 6.10 Å². The van der Waals surface area contributed by atoms with Crippen LogP contribution in [0.1, 0.15) is 367 Å². The van der Waals surface area contributed by atoms with Crippen molar-refractivity contribution in [2.24, 2.45) is 0 Å². The van der Waals surface area contributed by atoms with Gasteiger partial charge < -0.3 is 14.2 Å². The van der Waals surface area contributed by atoms with Crippen molar-refractivity contribution in [3.63, 3.8) is 0 Å². The molecule has 71 heavy (non-hydrogen) atoms. The van der Waals surface area contributed by atoms with Gasteiger partial charge in [-0.05, 0) is 44.9 Å². The zero-order valence-electron chi connectivity index (χ0n) is 48.3. The molecule has 1 unspecified atom stereocenters. The van der Waals surface area contributed by atoms with Crippen molar-refractivity contribution in [1.82, 2.24) is 0 Å². The molecule has 0 saturated heterocycles. The predicted octanol–water partition coefficient (Wildman–Crippen LogP) is 21.7. The lowest BCUT2D eigenvalue weighted by molar-refractivity contribution is -0.167. The van der Waals surface area contributed by atoms with E-state index >= 15 is 0 Å². The van der Waals surface area contributed by atoms with Crippen LogP contribution >= 0.6 is 0 Å². The Labute approximate surface area is 443 Å². The summed E-state index contributed by atoms with van der Waals surface area (Å²) in [5, 5.41) is 0. The summed E-state index contributed by atoms with van der Waals surface area (Å²) < 4.78 is 16.9. The molecule has 420 valence electrons. The molecule has 0 rings (SSSR count). The molecular weight excluding hydrogens is 877 g/mol. The number of esters is 3. The molecule has 1 atom stereocenters. The molecule has 0 aromatic heterocycles. The van der Waals surface area contributed by atoms with Gasteiger partial charge in [0.05, 0.1) is 0 Å². The summed E-state index contributed by atoms with van der Waals surface area (Å²) in [6.07, 6.45) is 70.9. The summed E-state index contributed by atoms with van der Waals surface area (Å²) in [6, 6.07) is 0. The van der Waals surface area contributed by atoms with Gasteiger partial charge in [-0.3, -0.25) is 14.4 Å². The molecule has 0 amide bonds. The highest BCUT2D eigenvalue weighted by Crippen LogP contribution is 2.18. The summed E-state index contributed by atoms with van der Waals surface area (Å²) in [7, 11) is 0. The Bertz CT molecular complexity index is 1100. The molecule has 0 aliphatic carbocycles. The lowest BCUT2D eigenvalue weighted by Gasteiger charge is -2.18. The molecule has 0 saturated carbocycles. The fourth-order valence-electron chi connectivity index (χ4n) is 9.91. The molecule has 0 aliphatic rings. The van der Waals surface area contributed by atoms with Crippen molar-refractivity contribution in [2.45, 2.75) is 374 Å². The highest BCUT2D eigenvalue weighted by Gasteiger charge is 2.19. The van der Waals surface area contributed by atoms with Crippen LogP contribution in [-0.2, 0) is 28.6 Å². The fourth-order valence-corrected chi connectivity index (χ4v) is 9.91. The van der Waals surface area contributed by atoms with Gasteiger partial charge in [0.15, 0.2) is 6.10 Å². The number of hydrogen-bond donors (Lipinski definition) is 0. The first-order chi connectivity index (χ1) is 35.0. The third-order valence-electron chi connectivity index (χ3n) is 14.8. The largest absolute Gasteiger partial charge is 0.462 e. The van der Waals surface area contributed by atoms with Gasteiger partial charge >= 0.3 is 17.9 Å². The molecule has 0 spiro atoms. The van der Waals surface area contributed by atoms with Crippen molar-refractivity contribution in [2.75, 3.05) is 13.2 Å². The Kier molecular flexibility index (Phi) is 59.1. The van der Waals surface area contributed by atoms with Crippen molar-refractivity contribution < 1.29 is 28.6 Å². The molecule has 0 aromatic carbocycles. The summed E-state index contributed by atoms with van der Waals surface area (Å²) in [4.78, 5) is 38.2. The van der Waals surface area contributed by atoms with E-state index in [2.05, 4.69) is 32.9 Å². The van der Waals surface area contributed by atoms with Crippen LogP contribution in [0.25, 0.3) is 0 Å². The Morgan fingerprint density at radius 2 is 0.465 bits per heavy atom. The zero-order chi connectivity index (χ0) is 51.4. The van der Waals surface area contributed by atoms with Crippen LogP contribution < -0.4 is 0 Å². The fraction of sp³-hybridized carbons (Fsp3) is 0.923. The van der Waals surface area contributed by atoms with Crippen LogP contribution in [0.2, 0.25) is 0 Å². The third kappa shape index (κ3) is 58.9. The lowest BCUT2D eigenvalue weighted by Crippen LogP contribution is -2.30. The van der Waals surface area contributed by atoms with Crippen molar-refractivity contribution in [3.05, 3.63) is 12.2 Å². The number of carbonyl (C=O) groups excluding carboxylic acids is 3. The normalized spacial score (nSPS) is 12.0. The van der Waals surface area contributed by atoms with Crippen LogP contribution in [0.4, 0.5) is 0 Å². The maximum absolute atomic E-state index is 12.9. The first-order valence-corrected chi connectivity index (χ1v) is 32.2. The second kappa shape index (κ2) is 60.7. The number of hydrogen-bond acceptors (Lipinski definition) is 6. The molecule has 0 aromatic rings. The number of unbranched alkanes of at least 4 members (excludes halogenated alkanes) is 47. The molecule has 6 nitrogen and oxygen atoms in total. The summed E-state index contributed by atoms with van der Waals surface area (Å²) in [5.41, 5.74) is 0. The minimum atomic E-state index is -0.766. The number of allylic oxidation sites excluding steroid dienone is 2. The Morgan fingerprint density at radius 1 is 0.268 bits per heavy atom. The van der Waals surface area contributed by atoms with Gasteiger partial charge in [0.2, 0.25) is 0 Å². The van der Waals surface area contributed by atoms with Crippen molar-refractivity contribution in [1.29, 1.82) is 0 Å². The van der Waals surface area contributed by atoms with E-state index in [4.69, 9.17) is 14.2 Å². The van der Waals surface area contributed by atoms with Gasteiger partial charge in [-0.25, -0.2) is 0 Å². The molecule has 0 N–H and O–H groups in total. The standard InChI is InChI=1S/C65H124O6/c1-4-7-10-13-16-19-22-24-26-28-30-32-34-35-37-39-41-43-46-49-52-55-58-64(67)70-61-62(60-69-63(66)57-54-51-48-45-21-18-15-12-9-6-3)71-65(68)59-56-53-50-47-44-42-40-38-36-33-31-29-27-25-23-20-17-14-11-8-5-2/h29,31,62H,4-28,30,32-61H2,1-3H3/b31-29-. The smallest absolute Gasteiger partial charge is 0.306 e. The van der Waals surface area contributed by atoms with Crippen LogP contribution in [0.3, 0.4) is 0 Å². The quantitative estimate of drug-likeness (QED) is 0.0261. The maximum atomic E-state index is 12.9. The highest BCUT2D eigenvalue weighted by molar-refractivity contribution is 5.71. The Balaban J connectivity index is 4.19. The van der Waals surface area contributed by atoms with Crippen LogP contribution in [0.15, 0.2) is 12.2 Å². The monoisotopic (exact) mass is 1000 g/mol. The molecule has 0 fully saturated rings. The van der Waals surface area contributed by atoms with Gasteiger partial charge in [0, 0.05) is 19.3 Å². The lowest BCUT2D eigenvalue weighted by atomic mass is 10.0. The summed E-state index contributed by atoms with van der Waals surface area (Å²) in [6.45, 7) is 6.70. The number of ether oxygens (including phenoxy) is 3. The first-order valence-electron chi connectivity index (χ1n) is 32.2. The average molecular weight is 1000 g/mol. The SMILES string of the molecule is CCCCCCCCCC/C=C\CCCCCCCCCCCC(=O)OC(COC(=O)CCCCCCCCCCCC)COC(=O)CCCCCCCCCCCCCCCCCCCCCCCC. The van der Waals surface area contributed by atoms with Gasteiger partial charge in [-0.2, -0.15) is 0 Å². The molecule has 0 heterocycles. The van der Waals surface area contributed by atoms with Gasteiger partial charge in [-0.15, -0.1) is 0 Å². The van der Waals surface area contributed by atoms with E-state index in [1.807, 2.05) is 0 Å². The third-order valence-corrected chi connectivity index (χ3v) is 14.8. The summed E-state index contributed by atoms with van der Waals surface area (Å²) >= 11 is 0. The van der Waals surface area contributed by atoms with Gasteiger partial charge in [0.1, 0.15) is 13.2 Å². The second-order valence-electron chi connectivity index (χ2n) is 22.0. The van der Waals surface area contributed by atoms with E-state index in [1.165, 1.54) is 270 Å². The number of rotatable bonds is 60. The predicted molar refractivity (Wildman–Crippen MR) is 307 cm³/mol. The second-order valence-corrected chi connectivity index (χ2v) is 22.0. The van der Waals surface area contributed by atoms with E-state index in [1.54, 1.807) is 0 Å². The average Bonchev–Trinajstić information content (AvgIpc) is 3.37. The Hall–Kier alpha value is -1.85. The molecule has 0 radical (unpaired) electrons. The summed E-state index contributed by atoms with van der Waals surface area (Å²) in [5.74, 6) is -0.840. The molecular formula is C65H124O6. The van der Waals surface area contributed by atoms with Crippen molar-refractivity contribution in [3.8, 4) is 0 Å². The van der Waals surface area contributed by atoms with E-state index in [0.29, 0.717) is 19.3 Å². The molecule has 6 heteroatoms. The topological polar surface area (TPSA) is 78.9 Å². The maximum Gasteiger partial charge on any atom is 0.306 e. The minimum Gasteiger partial charge on any atom is -0.462 e. The first kappa shape index (κ1) is 69.2. The zero-order valence-corrected chi connectivity index (χ0v) is 48.3.